The first-order valence-electron chi connectivity index (χ1n) is 12.1. The Balaban J connectivity index is 2.25. The highest BCUT2D eigenvalue weighted by atomic mass is 32.2. The molecule has 1 aromatic heterocycles. The van der Waals surface area contributed by atoms with Gasteiger partial charge in [-0.25, -0.2) is 13.1 Å². The number of benzene rings is 1. The lowest BCUT2D eigenvalue weighted by Crippen LogP contribution is -2.29. The molecule has 9 nitrogen and oxygen atoms in total. The first-order chi connectivity index (χ1) is 16.7. The second-order valence-corrected chi connectivity index (χ2v) is 10.3. The van der Waals surface area contributed by atoms with Crippen molar-refractivity contribution >= 4 is 21.4 Å². The molecule has 0 aliphatic heterocycles. The number of nitrogens with zero attached hydrogens (tertiary/aromatic N) is 4. The number of nitriles is 1. The van der Waals surface area contributed by atoms with Gasteiger partial charge in [0, 0.05) is 18.7 Å². The molecule has 1 atom stereocenters. The Hall–Kier alpha value is -3.03. The minimum absolute atomic E-state index is 0.0218. The van der Waals surface area contributed by atoms with Crippen LogP contribution in [0.1, 0.15) is 70.4 Å². The predicted molar refractivity (Wildman–Crippen MR) is 136 cm³/mol. The quantitative estimate of drug-likeness (QED) is 0.352. The Labute approximate surface area is 207 Å². The van der Waals surface area contributed by atoms with Gasteiger partial charge < -0.3 is 5.11 Å². The molecule has 1 aromatic carbocycles. The van der Waals surface area contributed by atoms with Gasteiger partial charge in [0.25, 0.3) is 5.56 Å². The van der Waals surface area contributed by atoms with Crippen molar-refractivity contribution in [2.75, 3.05) is 6.54 Å². The van der Waals surface area contributed by atoms with E-state index in [0.29, 0.717) is 24.6 Å². The molecule has 10 heteroatoms. The zero-order valence-corrected chi connectivity index (χ0v) is 21.7. The molecule has 0 bridgehead atoms. The monoisotopic (exact) mass is 501 g/mol. The Morgan fingerprint density at radius 1 is 1.11 bits per heavy atom. The molecule has 0 spiro atoms. The molecule has 1 unspecified atom stereocenters. The van der Waals surface area contributed by atoms with Crippen LogP contribution in [0.15, 0.2) is 44.2 Å². The molecule has 1 heterocycles. The summed E-state index contributed by atoms with van der Waals surface area (Å²) in [5, 5.41) is 27.9. The van der Waals surface area contributed by atoms with Gasteiger partial charge in [0.15, 0.2) is 5.69 Å². The van der Waals surface area contributed by atoms with E-state index in [0.717, 1.165) is 36.7 Å². The zero-order valence-electron chi connectivity index (χ0n) is 20.9. The number of pyridine rings is 1. The van der Waals surface area contributed by atoms with Crippen LogP contribution in [0.4, 0.5) is 11.4 Å². The molecular formula is C25H35N5O4S. The number of azo groups is 1. The summed E-state index contributed by atoms with van der Waals surface area (Å²) in [6, 6.07) is 7.80. The lowest BCUT2D eigenvalue weighted by Gasteiger charge is -2.15. The Bertz CT molecular complexity index is 1230. The maximum absolute atomic E-state index is 12.9. The molecule has 0 saturated heterocycles. The standard InChI is InChI=1S/C25H35N5O4S/c1-5-8-10-19(7-3)17-27-35(33,34)21-13-11-20(12-14-21)28-29-23-18(4)22(16-26)24(31)30(25(23)32)15-9-6-2/h11-14,19,27,31H,5-10,15,17H2,1-4H3. The first kappa shape index (κ1) is 28.2. The van der Waals surface area contributed by atoms with Gasteiger partial charge >= 0.3 is 0 Å². The highest BCUT2D eigenvalue weighted by Gasteiger charge is 2.19. The highest BCUT2D eigenvalue weighted by Crippen LogP contribution is 2.27. The molecule has 2 aromatic rings. The topological polar surface area (TPSA) is 137 Å². The van der Waals surface area contributed by atoms with Crippen molar-refractivity contribution in [3.05, 3.63) is 45.7 Å². The third kappa shape index (κ3) is 7.23. The second-order valence-electron chi connectivity index (χ2n) is 8.56. The molecule has 0 aliphatic rings. The normalized spacial score (nSPS) is 12.7. The first-order valence-corrected chi connectivity index (χ1v) is 13.6. The van der Waals surface area contributed by atoms with E-state index in [2.05, 4.69) is 28.8 Å². The SMILES string of the molecule is CCCCC(CC)CNS(=O)(=O)c1ccc(N=Nc2c(C)c(C#N)c(O)n(CCCC)c2=O)cc1. The van der Waals surface area contributed by atoms with Crippen LogP contribution in [0.3, 0.4) is 0 Å². The van der Waals surface area contributed by atoms with Crippen molar-refractivity contribution in [2.45, 2.75) is 77.7 Å². The van der Waals surface area contributed by atoms with E-state index in [9.17, 15) is 23.6 Å². The molecule has 35 heavy (non-hydrogen) atoms. The fourth-order valence-corrected chi connectivity index (χ4v) is 4.75. The number of rotatable bonds is 13. The van der Waals surface area contributed by atoms with Crippen LogP contribution in [-0.4, -0.2) is 24.6 Å². The fraction of sp³-hybridized carbons (Fsp3) is 0.520. The number of unbranched alkanes of at least 4 members (excludes halogenated alkanes) is 2. The molecule has 2 rings (SSSR count). The van der Waals surface area contributed by atoms with Crippen LogP contribution in [-0.2, 0) is 16.6 Å². The maximum atomic E-state index is 12.9. The third-order valence-corrected chi connectivity index (χ3v) is 7.46. The molecule has 0 radical (unpaired) electrons. The number of aromatic hydroxyl groups is 1. The minimum Gasteiger partial charge on any atom is -0.493 e. The summed E-state index contributed by atoms with van der Waals surface area (Å²) in [5.41, 5.74) is -0.00147. The van der Waals surface area contributed by atoms with Crippen LogP contribution in [0, 0.1) is 24.2 Å². The number of sulfonamides is 1. The van der Waals surface area contributed by atoms with Crippen molar-refractivity contribution in [3.8, 4) is 11.9 Å². The summed E-state index contributed by atoms with van der Waals surface area (Å²) in [4.78, 5) is 13.0. The Morgan fingerprint density at radius 3 is 2.34 bits per heavy atom. The number of aromatic nitrogens is 1. The maximum Gasteiger partial charge on any atom is 0.281 e. The van der Waals surface area contributed by atoms with E-state index in [1.165, 1.54) is 31.2 Å². The highest BCUT2D eigenvalue weighted by molar-refractivity contribution is 7.89. The molecule has 0 aliphatic carbocycles. The Morgan fingerprint density at radius 2 is 1.77 bits per heavy atom. The lowest BCUT2D eigenvalue weighted by molar-refractivity contribution is 0.399. The smallest absolute Gasteiger partial charge is 0.281 e. The molecule has 0 saturated carbocycles. The molecule has 0 fully saturated rings. The summed E-state index contributed by atoms with van der Waals surface area (Å²) in [6.45, 7) is 8.31. The average molecular weight is 502 g/mol. The van der Waals surface area contributed by atoms with Crippen molar-refractivity contribution in [1.82, 2.24) is 9.29 Å². The van der Waals surface area contributed by atoms with Crippen molar-refractivity contribution in [3.63, 3.8) is 0 Å². The number of hydrogen-bond donors (Lipinski definition) is 2. The third-order valence-electron chi connectivity index (χ3n) is 6.02. The summed E-state index contributed by atoms with van der Waals surface area (Å²) < 4.78 is 29.2. The largest absolute Gasteiger partial charge is 0.493 e. The molecular weight excluding hydrogens is 466 g/mol. The summed E-state index contributed by atoms with van der Waals surface area (Å²) >= 11 is 0. The van der Waals surface area contributed by atoms with E-state index in [1.807, 2.05) is 13.0 Å². The van der Waals surface area contributed by atoms with Crippen LogP contribution in [0.25, 0.3) is 0 Å². The zero-order chi connectivity index (χ0) is 26.0. The van der Waals surface area contributed by atoms with Gasteiger partial charge in [0.05, 0.1) is 10.6 Å². The van der Waals surface area contributed by atoms with Gasteiger partial charge in [0.1, 0.15) is 11.6 Å². The van der Waals surface area contributed by atoms with Gasteiger partial charge in [-0.3, -0.25) is 9.36 Å². The summed E-state index contributed by atoms with van der Waals surface area (Å²) in [5.74, 6) is -0.0736. The van der Waals surface area contributed by atoms with Gasteiger partial charge in [-0.15, -0.1) is 5.11 Å². The van der Waals surface area contributed by atoms with E-state index < -0.39 is 15.6 Å². The summed E-state index contributed by atoms with van der Waals surface area (Å²) in [7, 11) is -3.66. The van der Waals surface area contributed by atoms with Gasteiger partial charge in [0.2, 0.25) is 15.9 Å². The van der Waals surface area contributed by atoms with Gasteiger partial charge in [-0.1, -0.05) is 46.5 Å². The average Bonchev–Trinajstić information content (AvgIpc) is 2.84. The van der Waals surface area contributed by atoms with Crippen LogP contribution >= 0.6 is 0 Å². The van der Waals surface area contributed by atoms with E-state index >= 15 is 0 Å². The van der Waals surface area contributed by atoms with Crippen LogP contribution < -0.4 is 10.3 Å². The van der Waals surface area contributed by atoms with Gasteiger partial charge in [-0.2, -0.15) is 10.4 Å². The van der Waals surface area contributed by atoms with Gasteiger partial charge in [-0.05, 0) is 49.9 Å². The predicted octanol–water partition coefficient (Wildman–Crippen LogP) is 5.44. The van der Waals surface area contributed by atoms with Crippen molar-refractivity contribution in [2.24, 2.45) is 16.1 Å². The van der Waals surface area contributed by atoms with E-state index in [4.69, 9.17) is 0 Å². The molecule has 2 N–H and O–H groups in total. The van der Waals surface area contributed by atoms with E-state index in [1.54, 1.807) is 0 Å². The lowest BCUT2D eigenvalue weighted by atomic mass is 10.00. The fourth-order valence-electron chi connectivity index (χ4n) is 3.63. The van der Waals surface area contributed by atoms with Crippen molar-refractivity contribution in [1.29, 1.82) is 5.26 Å². The van der Waals surface area contributed by atoms with E-state index in [-0.39, 0.29) is 34.1 Å². The Kier molecular flexibility index (Phi) is 10.6. The molecule has 190 valence electrons. The summed E-state index contributed by atoms with van der Waals surface area (Å²) in [6.07, 6.45) is 5.50. The number of nitrogens with one attached hydrogen (secondary N) is 1. The minimum atomic E-state index is -3.66. The van der Waals surface area contributed by atoms with Crippen LogP contribution in [0.2, 0.25) is 0 Å². The second kappa shape index (κ2) is 13.2. The number of hydrogen-bond acceptors (Lipinski definition) is 7. The molecule has 0 amide bonds. The van der Waals surface area contributed by atoms with Crippen LogP contribution in [0.5, 0.6) is 5.88 Å². The van der Waals surface area contributed by atoms with Crippen molar-refractivity contribution < 1.29 is 13.5 Å².